The molecule has 2 amide bonds. The topological polar surface area (TPSA) is 69.7 Å². The van der Waals surface area contributed by atoms with Gasteiger partial charge >= 0.3 is 6.03 Å². The second kappa shape index (κ2) is 7.96. The third-order valence-corrected chi connectivity index (χ3v) is 6.98. The average molecular weight is 380 g/mol. The van der Waals surface area contributed by atoms with Crippen molar-refractivity contribution in [1.82, 2.24) is 14.5 Å². The molecule has 0 saturated carbocycles. The van der Waals surface area contributed by atoms with E-state index < -0.39 is 10.0 Å². The minimum atomic E-state index is -3.18. The molecule has 0 bridgehead atoms. The lowest BCUT2D eigenvalue weighted by Gasteiger charge is -2.34. The summed E-state index contributed by atoms with van der Waals surface area (Å²) in [5.74, 6) is 0. The second-order valence-electron chi connectivity index (χ2n) is 7.49. The van der Waals surface area contributed by atoms with Crippen LogP contribution in [0.5, 0.6) is 0 Å². The Morgan fingerprint density at radius 1 is 1.23 bits per heavy atom. The Morgan fingerprint density at radius 2 is 1.88 bits per heavy atom. The summed E-state index contributed by atoms with van der Waals surface area (Å²) >= 11 is 0. The molecule has 6 nitrogen and oxygen atoms in total. The number of amides is 2. The van der Waals surface area contributed by atoms with E-state index in [2.05, 4.69) is 17.4 Å². The van der Waals surface area contributed by atoms with Gasteiger partial charge in [0.2, 0.25) is 10.0 Å². The van der Waals surface area contributed by atoms with Crippen molar-refractivity contribution < 1.29 is 13.2 Å². The molecule has 2 aliphatic rings. The van der Waals surface area contributed by atoms with Crippen LogP contribution in [0.1, 0.15) is 36.8 Å². The molecule has 1 aromatic carbocycles. The maximum Gasteiger partial charge on any atom is 0.317 e. The Hall–Kier alpha value is -1.60. The van der Waals surface area contributed by atoms with Gasteiger partial charge < -0.3 is 10.2 Å². The van der Waals surface area contributed by atoms with E-state index in [4.69, 9.17) is 0 Å². The van der Waals surface area contributed by atoms with Crippen molar-refractivity contribution in [2.45, 2.75) is 50.6 Å². The predicted octanol–water partition coefficient (Wildman–Crippen LogP) is 2.00. The Balaban J connectivity index is 1.48. The van der Waals surface area contributed by atoms with Crippen LogP contribution in [-0.4, -0.2) is 62.1 Å². The molecule has 1 N–H and O–H groups in total. The minimum Gasteiger partial charge on any atom is -0.338 e. The fourth-order valence-electron chi connectivity index (χ4n) is 4.14. The van der Waals surface area contributed by atoms with Gasteiger partial charge in [-0.3, -0.25) is 0 Å². The highest BCUT2D eigenvalue weighted by atomic mass is 32.2. The fourth-order valence-corrected chi connectivity index (χ4v) is 5.36. The molecule has 7 heteroatoms. The number of benzene rings is 1. The van der Waals surface area contributed by atoms with Crippen LogP contribution in [0.3, 0.4) is 0 Å². The molecule has 1 aliphatic heterocycles. The highest BCUT2D eigenvalue weighted by Crippen LogP contribution is 2.25. The first-order chi connectivity index (χ1) is 12.4. The summed E-state index contributed by atoms with van der Waals surface area (Å²) in [4.78, 5) is 14.3. The summed E-state index contributed by atoms with van der Waals surface area (Å²) in [6, 6.07) is 8.45. The summed E-state index contributed by atoms with van der Waals surface area (Å²) < 4.78 is 25.4. The Morgan fingerprint density at radius 3 is 2.50 bits per heavy atom. The van der Waals surface area contributed by atoms with Gasteiger partial charge in [0.05, 0.1) is 6.26 Å². The van der Waals surface area contributed by atoms with Gasteiger partial charge in [0.15, 0.2) is 0 Å². The first kappa shape index (κ1) is 19.2. The molecule has 1 atom stereocenters. The molecule has 1 aliphatic carbocycles. The number of sulfonamides is 1. The lowest BCUT2D eigenvalue weighted by atomic mass is 10.0. The van der Waals surface area contributed by atoms with Crippen LogP contribution >= 0.6 is 0 Å². The van der Waals surface area contributed by atoms with Gasteiger partial charge in [0.25, 0.3) is 0 Å². The fraction of sp³-hybridized carbons (Fsp3) is 0.632. The molecule has 26 heavy (non-hydrogen) atoms. The van der Waals surface area contributed by atoms with Gasteiger partial charge in [0, 0.05) is 32.2 Å². The van der Waals surface area contributed by atoms with Crippen LogP contribution < -0.4 is 5.32 Å². The number of fused-ring (bicyclic) bond motifs is 1. The number of nitrogens with one attached hydrogen (secondary N) is 1. The summed E-state index contributed by atoms with van der Waals surface area (Å²) in [5, 5.41) is 2.97. The number of piperidine rings is 1. The van der Waals surface area contributed by atoms with Crippen molar-refractivity contribution in [3.05, 3.63) is 35.4 Å². The van der Waals surface area contributed by atoms with Crippen LogP contribution in [-0.2, 0) is 22.9 Å². The molecule has 1 fully saturated rings. The molecule has 0 radical (unpaired) electrons. The Kier molecular flexibility index (Phi) is 5.87. The standard InChI is InChI=1S/C19H29N3O3S/c1-21(18-13-15-7-3-4-8-16(15)14-18)19(23)20-11-10-17-9-5-6-12-22(17)26(2,24)25/h3-4,7-8,17-18H,5-6,9-14H2,1-2H3,(H,20,23). The molecule has 1 unspecified atom stereocenters. The normalized spacial score (nSPS) is 21.4. The van der Waals surface area contributed by atoms with Crippen LogP contribution in [0.4, 0.5) is 4.79 Å². The number of urea groups is 1. The van der Waals surface area contributed by atoms with Crippen LogP contribution in [0, 0.1) is 0 Å². The monoisotopic (exact) mass is 379 g/mol. The van der Waals surface area contributed by atoms with Crippen molar-refractivity contribution in [2.24, 2.45) is 0 Å². The van der Waals surface area contributed by atoms with Gasteiger partial charge in [0.1, 0.15) is 0 Å². The van der Waals surface area contributed by atoms with Gasteiger partial charge in [-0.25, -0.2) is 13.2 Å². The van der Waals surface area contributed by atoms with Gasteiger partial charge in [-0.2, -0.15) is 4.31 Å². The van der Waals surface area contributed by atoms with E-state index in [9.17, 15) is 13.2 Å². The van der Waals surface area contributed by atoms with E-state index in [0.29, 0.717) is 19.5 Å². The van der Waals surface area contributed by atoms with Crippen LogP contribution in [0.25, 0.3) is 0 Å². The molecule has 0 spiro atoms. The lowest BCUT2D eigenvalue weighted by molar-refractivity contribution is 0.189. The van der Waals surface area contributed by atoms with E-state index in [1.165, 1.54) is 17.4 Å². The first-order valence-electron chi connectivity index (χ1n) is 9.40. The zero-order chi connectivity index (χ0) is 18.7. The number of carbonyl (C=O) groups excluding carboxylic acids is 1. The number of likely N-dealkylation sites (N-methyl/N-ethyl adjacent to an activating group) is 1. The molecule has 144 valence electrons. The molecule has 1 heterocycles. The van der Waals surface area contributed by atoms with Crippen molar-refractivity contribution >= 4 is 16.1 Å². The zero-order valence-corrected chi connectivity index (χ0v) is 16.5. The summed E-state index contributed by atoms with van der Waals surface area (Å²) in [5.41, 5.74) is 2.64. The van der Waals surface area contributed by atoms with Gasteiger partial charge in [-0.05, 0) is 43.2 Å². The molecular formula is C19H29N3O3S. The van der Waals surface area contributed by atoms with Crippen LogP contribution in [0.2, 0.25) is 0 Å². The summed E-state index contributed by atoms with van der Waals surface area (Å²) in [6.45, 7) is 1.09. The van der Waals surface area contributed by atoms with Crippen molar-refractivity contribution in [3.8, 4) is 0 Å². The minimum absolute atomic E-state index is 0.0000846. The van der Waals surface area contributed by atoms with E-state index in [1.807, 2.05) is 19.2 Å². The van der Waals surface area contributed by atoms with E-state index in [1.54, 1.807) is 9.21 Å². The average Bonchev–Trinajstić information content (AvgIpc) is 3.04. The maximum absolute atomic E-state index is 12.5. The number of hydrogen-bond acceptors (Lipinski definition) is 3. The van der Waals surface area contributed by atoms with Crippen molar-refractivity contribution in [3.63, 3.8) is 0 Å². The Labute approximate surface area is 156 Å². The van der Waals surface area contributed by atoms with E-state index in [0.717, 1.165) is 32.1 Å². The van der Waals surface area contributed by atoms with Crippen LogP contribution in [0.15, 0.2) is 24.3 Å². The van der Waals surface area contributed by atoms with Crippen molar-refractivity contribution in [1.29, 1.82) is 0 Å². The summed E-state index contributed by atoms with van der Waals surface area (Å²) in [7, 11) is -1.33. The number of rotatable bonds is 5. The third kappa shape index (κ3) is 4.38. The number of hydrogen-bond donors (Lipinski definition) is 1. The van der Waals surface area contributed by atoms with E-state index in [-0.39, 0.29) is 18.1 Å². The van der Waals surface area contributed by atoms with Crippen molar-refractivity contribution in [2.75, 3.05) is 26.4 Å². The van der Waals surface area contributed by atoms with Gasteiger partial charge in [-0.15, -0.1) is 0 Å². The zero-order valence-electron chi connectivity index (χ0n) is 15.6. The predicted molar refractivity (Wildman–Crippen MR) is 103 cm³/mol. The third-order valence-electron chi connectivity index (χ3n) is 5.65. The maximum atomic E-state index is 12.5. The molecule has 3 rings (SSSR count). The molecular weight excluding hydrogens is 350 g/mol. The van der Waals surface area contributed by atoms with Gasteiger partial charge in [-0.1, -0.05) is 30.7 Å². The lowest BCUT2D eigenvalue weighted by Crippen LogP contribution is -2.47. The summed E-state index contributed by atoms with van der Waals surface area (Å²) in [6.07, 6.45) is 6.56. The largest absolute Gasteiger partial charge is 0.338 e. The SMILES string of the molecule is CN(C(=O)NCCC1CCCCN1S(C)(=O)=O)C1Cc2ccccc2C1. The molecule has 1 aromatic rings. The highest BCUT2D eigenvalue weighted by Gasteiger charge is 2.30. The molecule has 0 aromatic heterocycles. The number of carbonyl (C=O) groups is 1. The van der Waals surface area contributed by atoms with E-state index >= 15 is 0 Å². The molecule has 1 saturated heterocycles. The first-order valence-corrected chi connectivity index (χ1v) is 11.3. The number of nitrogens with zero attached hydrogens (tertiary/aromatic N) is 2. The Bertz CT molecular complexity index is 725. The second-order valence-corrected chi connectivity index (χ2v) is 9.42. The highest BCUT2D eigenvalue weighted by molar-refractivity contribution is 7.88. The quantitative estimate of drug-likeness (QED) is 0.851. The smallest absolute Gasteiger partial charge is 0.317 e.